The third-order valence-corrected chi connectivity index (χ3v) is 3.71. The van der Waals surface area contributed by atoms with Gasteiger partial charge in [-0.3, -0.25) is 4.79 Å². The molecule has 0 bridgehead atoms. The van der Waals surface area contributed by atoms with Gasteiger partial charge < -0.3 is 19.6 Å². The summed E-state index contributed by atoms with van der Waals surface area (Å²) in [6, 6.07) is 10.7. The molecule has 2 N–H and O–H groups in total. The van der Waals surface area contributed by atoms with Crippen molar-refractivity contribution in [3.63, 3.8) is 0 Å². The lowest BCUT2D eigenvalue weighted by Crippen LogP contribution is -2.41. The second-order valence-corrected chi connectivity index (χ2v) is 5.59. The zero-order chi connectivity index (χ0) is 16.2. The number of hydrogen-bond donors (Lipinski definition) is 2. The number of benzene rings is 1. The Kier molecular flexibility index (Phi) is 4.88. The lowest BCUT2D eigenvalue weighted by atomic mass is 9.83. The minimum atomic E-state index is -0.856. The van der Waals surface area contributed by atoms with Crippen LogP contribution in [-0.4, -0.2) is 24.7 Å². The molecule has 1 aromatic carbocycles. The molecule has 0 aliphatic heterocycles. The zero-order valence-electron chi connectivity index (χ0n) is 13.0. The Morgan fingerprint density at radius 1 is 1.32 bits per heavy atom. The fourth-order valence-electron chi connectivity index (χ4n) is 2.13. The van der Waals surface area contributed by atoms with Crippen LogP contribution < -0.4 is 10.1 Å². The normalized spacial score (nSPS) is 12.7. The predicted octanol–water partition coefficient (Wildman–Crippen LogP) is 2.42. The number of hydrogen-bond acceptors (Lipinski definition) is 4. The highest BCUT2D eigenvalue weighted by Crippen LogP contribution is 2.25. The Morgan fingerprint density at radius 2 is 2.00 bits per heavy atom. The van der Waals surface area contributed by atoms with Gasteiger partial charge in [-0.25, -0.2) is 0 Å². The fourth-order valence-corrected chi connectivity index (χ4v) is 2.13. The maximum absolute atomic E-state index is 12.4. The van der Waals surface area contributed by atoms with Crippen LogP contribution >= 0.6 is 0 Å². The fraction of sp³-hybridized carbons (Fsp3) is 0.353. The van der Waals surface area contributed by atoms with Crippen molar-refractivity contribution < 1.29 is 19.1 Å². The molecule has 1 heterocycles. The van der Waals surface area contributed by atoms with Crippen molar-refractivity contribution in [3.8, 4) is 5.75 Å². The largest absolute Gasteiger partial charge is 0.497 e. The molecule has 0 saturated heterocycles. The van der Waals surface area contributed by atoms with Crippen molar-refractivity contribution in [2.75, 3.05) is 13.7 Å². The Balaban J connectivity index is 2.00. The molecule has 1 aromatic heterocycles. The van der Waals surface area contributed by atoms with Gasteiger partial charge in [0.25, 0.3) is 0 Å². The maximum Gasteiger partial charge on any atom is 0.230 e. The van der Waals surface area contributed by atoms with Crippen molar-refractivity contribution in [1.29, 1.82) is 0 Å². The summed E-state index contributed by atoms with van der Waals surface area (Å²) in [6.07, 6.45) is 0.632. The highest BCUT2D eigenvalue weighted by molar-refractivity contribution is 5.87. The number of furan rings is 1. The van der Waals surface area contributed by atoms with Crippen LogP contribution in [0.2, 0.25) is 0 Å². The van der Waals surface area contributed by atoms with Gasteiger partial charge in [-0.05, 0) is 43.7 Å². The van der Waals surface area contributed by atoms with E-state index in [9.17, 15) is 9.90 Å². The molecule has 118 valence electrons. The Hall–Kier alpha value is -2.27. The van der Waals surface area contributed by atoms with Crippen LogP contribution in [0, 0.1) is 0 Å². The summed E-state index contributed by atoms with van der Waals surface area (Å²) < 4.78 is 10.2. The average molecular weight is 303 g/mol. The van der Waals surface area contributed by atoms with E-state index in [-0.39, 0.29) is 12.5 Å². The number of amides is 1. The summed E-state index contributed by atoms with van der Waals surface area (Å²) in [7, 11) is 1.60. The summed E-state index contributed by atoms with van der Waals surface area (Å²) in [5.41, 5.74) is 0.160. The summed E-state index contributed by atoms with van der Waals surface area (Å²) >= 11 is 0. The van der Waals surface area contributed by atoms with Crippen LogP contribution in [-0.2, 0) is 10.2 Å². The number of methoxy groups -OCH3 is 1. The number of ether oxygens (including phenoxy) is 1. The molecule has 1 amide bonds. The Morgan fingerprint density at radius 3 is 2.55 bits per heavy atom. The minimum Gasteiger partial charge on any atom is -0.497 e. The maximum atomic E-state index is 12.4. The number of nitrogens with one attached hydrogen (secondary N) is 1. The van der Waals surface area contributed by atoms with Crippen molar-refractivity contribution >= 4 is 5.91 Å². The van der Waals surface area contributed by atoms with Crippen LogP contribution in [0.5, 0.6) is 5.75 Å². The van der Waals surface area contributed by atoms with Gasteiger partial charge in [0.15, 0.2) is 0 Å². The molecule has 0 radical (unpaired) electrons. The molecular weight excluding hydrogens is 282 g/mol. The molecule has 1 unspecified atom stereocenters. The van der Waals surface area contributed by atoms with Crippen LogP contribution in [0.1, 0.15) is 31.3 Å². The standard InChI is InChI=1S/C17H21NO4/c1-17(2,12-6-8-13(21-3)9-7-12)16(20)18-11-14(19)15-5-4-10-22-15/h4-10,14,19H,11H2,1-3H3,(H,18,20). The Labute approximate surface area is 129 Å². The van der Waals surface area contributed by atoms with Crippen LogP contribution in [0.4, 0.5) is 0 Å². The van der Waals surface area contributed by atoms with Gasteiger partial charge in [0.2, 0.25) is 5.91 Å². The van der Waals surface area contributed by atoms with E-state index in [1.54, 1.807) is 19.2 Å². The minimum absolute atomic E-state index is 0.103. The van der Waals surface area contributed by atoms with Gasteiger partial charge in [0, 0.05) is 0 Å². The van der Waals surface area contributed by atoms with E-state index in [2.05, 4.69) is 5.32 Å². The SMILES string of the molecule is COc1ccc(C(C)(C)C(=O)NCC(O)c2ccco2)cc1. The second-order valence-electron chi connectivity index (χ2n) is 5.59. The Bertz CT molecular complexity index is 602. The monoisotopic (exact) mass is 303 g/mol. The van der Waals surface area contributed by atoms with E-state index in [0.717, 1.165) is 11.3 Å². The van der Waals surface area contributed by atoms with Crippen molar-refractivity contribution in [2.24, 2.45) is 0 Å². The molecule has 5 heteroatoms. The van der Waals surface area contributed by atoms with Crippen LogP contribution in [0.3, 0.4) is 0 Å². The van der Waals surface area contributed by atoms with E-state index in [1.807, 2.05) is 38.1 Å². The highest BCUT2D eigenvalue weighted by Gasteiger charge is 2.30. The average Bonchev–Trinajstić information content (AvgIpc) is 3.06. The van der Waals surface area contributed by atoms with Gasteiger partial charge >= 0.3 is 0 Å². The van der Waals surface area contributed by atoms with Crippen molar-refractivity contribution in [1.82, 2.24) is 5.32 Å². The van der Waals surface area contributed by atoms with E-state index >= 15 is 0 Å². The smallest absolute Gasteiger partial charge is 0.230 e. The van der Waals surface area contributed by atoms with Crippen LogP contribution in [0.25, 0.3) is 0 Å². The third kappa shape index (κ3) is 3.49. The molecule has 22 heavy (non-hydrogen) atoms. The molecule has 0 aliphatic rings. The van der Waals surface area contributed by atoms with Crippen LogP contribution in [0.15, 0.2) is 47.1 Å². The topological polar surface area (TPSA) is 71.7 Å². The number of aliphatic hydroxyl groups is 1. The first-order chi connectivity index (χ1) is 10.4. The summed E-state index contributed by atoms with van der Waals surface area (Å²) in [4.78, 5) is 12.4. The van der Waals surface area contributed by atoms with E-state index in [4.69, 9.17) is 9.15 Å². The first-order valence-electron chi connectivity index (χ1n) is 7.09. The van der Waals surface area contributed by atoms with Gasteiger partial charge in [0.1, 0.15) is 17.6 Å². The van der Waals surface area contributed by atoms with Gasteiger partial charge in [-0.2, -0.15) is 0 Å². The van der Waals surface area contributed by atoms with E-state index in [0.29, 0.717) is 5.76 Å². The first kappa shape index (κ1) is 16.1. The molecule has 2 aromatic rings. The number of rotatable bonds is 6. The molecule has 0 saturated carbocycles. The lowest BCUT2D eigenvalue weighted by molar-refractivity contribution is -0.126. The number of aliphatic hydroxyl groups excluding tert-OH is 1. The van der Waals surface area contributed by atoms with E-state index in [1.165, 1.54) is 6.26 Å². The molecular formula is C17H21NO4. The third-order valence-electron chi connectivity index (χ3n) is 3.71. The zero-order valence-corrected chi connectivity index (χ0v) is 13.0. The van der Waals surface area contributed by atoms with E-state index < -0.39 is 11.5 Å². The summed E-state index contributed by atoms with van der Waals surface area (Å²) in [5, 5.41) is 12.7. The van der Waals surface area contributed by atoms with Crippen molar-refractivity contribution in [3.05, 3.63) is 54.0 Å². The number of carbonyl (C=O) groups excluding carboxylic acids is 1. The van der Waals surface area contributed by atoms with Gasteiger partial charge in [0.05, 0.1) is 25.3 Å². The second kappa shape index (κ2) is 6.66. The van der Waals surface area contributed by atoms with Gasteiger partial charge in [-0.15, -0.1) is 0 Å². The highest BCUT2D eigenvalue weighted by atomic mass is 16.5. The molecule has 0 fully saturated rings. The first-order valence-corrected chi connectivity index (χ1v) is 7.09. The number of carbonyl (C=O) groups is 1. The van der Waals surface area contributed by atoms with Gasteiger partial charge in [-0.1, -0.05) is 12.1 Å². The molecule has 1 atom stereocenters. The predicted molar refractivity (Wildman–Crippen MR) is 82.7 cm³/mol. The summed E-state index contributed by atoms with van der Waals surface area (Å²) in [5.74, 6) is 1.01. The molecule has 2 rings (SSSR count). The molecule has 0 aliphatic carbocycles. The summed E-state index contributed by atoms with van der Waals surface area (Å²) in [6.45, 7) is 3.78. The van der Waals surface area contributed by atoms with Crippen molar-refractivity contribution in [2.45, 2.75) is 25.4 Å². The quantitative estimate of drug-likeness (QED) is 0.859. The molecule has 0 spiro atoms. The lowest BCUT2D eigenvalue weighted by Gasteiger charge is -2.25. The molecule has 5 nitrogen and oxygen atoms in total.